The highest BCUT2D eigenvalue weighted by atomic mass is 15.2. The van der Waals surface area contributed by atoms with Gasteiger partial charge in [-0.3, -0.25) is 0 Å². The maximum atomic E-state index is 5.84. The van der Waals surface area contributed by atoms with Crippen LogP contribution in [0.15, 0.2) is 52.8 Å². The molecule has 2 aromatic rings. The number of hydrogen-bond acceptors (Lipinski definition) is 5. The van der Waals surface area contributed by atoms with Crippen LogP contribution in [-0.4, -0.2) is 21.5 Å². The molecule has 2 heterocycles. The molecule has 0 spiro atoms. The Bertz CT molecular complexity index is 676. The van der Waals surface area contributed by atoms with Gasteiger partial charge in [0.25, 0.3) is 0 Å². The average Bonchev–Trinajstić information content (AvgIpc) is 2.48. The molecule has 20 heavy (non-hydrogen) atoms. The van der Waals surface area contributed by atoms with Gasteiger partial charge in [0.15, 0.2) is 0 Å². The summed E-state index contributed by atoms with van der Waals surface area (Å²) in [5.74, 6) is 1.36. The van der Waals surface area contributed by atoms with Crippen molar-refractivity contribution in [3.63, 3.8) is 0 Å². The Morgan fingerprint density at radius 2 is 1.90 bits per heavy atom. The van der Waals surface area contributed by atoms with E-state index in [1.165, 1.54) is 5.56 Å². The van der Waals surface area contributed by atoms with Crippen LogP contribution in [0.5, 0.6) is 0 Å². The first kappa shape index (κ1) is 12.5. The minimum absolute atomic E-state index is 0.0861. The number of rotatable bonds is 2. The first-order valence-corrected chi connectivity index (χ1v) is 6.49. The number of aromatic nitrogens is 2. The van der Waals surface area contributed by atoms with Crippen molar-refractivity contribution in [3.05, 3.63) is 59.7 Å². The summed E-state index contributed by atoms with van der Waals surface area (Å²) in [6.07, 6.45) is 2.40. The molecule has 100 valence electrons. The molecule has 1 aromatic heterocycles. The Hall–Kier alpha value is -2.56. The predicted octanol–water partition coefficient (Wildman–Crippen LogP) is 2.03. The number of nitrogens with zero attached hydrogens (tertiary/aromatic N) is 4. The molecule has 5 heteroatoms. The lowest BCUT2D eigenvalue weighted by molar-refractivity contribution is 0.876. The van der Waals surface area contributed by atoms with E-state index in [2.05, 4.69) is 32.3 Å². The van der Waals surface area contributed by atoms with E-state index in [1.54, 1.807) is 6.20 Å². The lowest BCUT2D eigenvalue weighted by atomic mass is 9.88. The number of nitrogens with two attached hydrogens (primary N) is 1. The zero-order valence-electron chi connectivity index (χ0n) is 11.2. The molecule has 0 bridgehead atoms. The van der Waals surface area contributed by atoms with E-state index < -0.39 is 0 Å². The van der Waals surface area contributed by atoms with Gasteiger partial charge in [0.05, 0.1) is 11.4 Å². The van der Waals surface area contributed by atoms with E-state index in [-0.39, 0.29) is 5.92 Å². The highest BCUT2D eigenvalue weighted by molar-refractivity contribution is 6.07. The summed E-state index contributed by atoms with van der Waals surface area (Å²) in [7, 11) is 0. The van der Waals surface area contributed by atoms with Crippen molar-refractivity contribution in [3.8, 4) is 0 Å². The summed E-state index contributed by atoms with van der Waals surface area (Å²) in [5.41, 5.74) is 8.66. The van der Waals surface area contributed by atoms with Crippen LogP contribution in [0.1, 0.15) is 29.4 Å². The molecule has 1 unspecified atom stereocenters. The van der Waals surface area contributed by atoms with Gasteiger partial charge in [0.2, 0.25) is 0 Å². The Labute approximate surface area is 117 Å². The normalized spacial score (nSPS) is 18.4. The van der Waals surface area contributed by atoms with Gasteiger partial charge in [0.1, 0.15) is 11.7 Å². The lowest BCUT2D eigenvalue weighted by Gasteiger charge is -2.21. The molecule has 0 radical (unpaired) electrons. The monoisotopic (exact) mass is 265 g/mol. The molecule has 1 aliphatic rings. The van der Waals surface area contributed by atoms with Crippen molar-refractivity contribution >= 4 is 11.5 Å². The molecule has 3 rings (SSSR count). The molecular weight excluding hydrogens is 250 g/mol. The van der Waals surface area contributed by atoms with Crippen molar-refractivity contribution in [2.24, 2.45) is 15.9 Å². The first-order valence-electron chi connectivity index (χ1n) is 6.49. The van der Waals surface area contributed by atoms with Gasteiger partial charge in [-0.05, 0) is 18.6 Å². The molecule has 1 aliphatic heterocycles. The van der Waals surface area contributed by atoms with Crippen LogP contribution in [0.3, 0.4) is 0 Å². The minimum atomic E-state index is 0.0861. The third-order valence-electron chi connectivity index (χ3n) is 3.27. The van der Waals surface area contributed by atoms with E-state index >= 15 is 0 Å². The van der Waals surface area contributed by atoms with E-state index in [0.717, 1.165) is 17.2 Å². The van der Waals surface area contributed by atoms with Gasteiger partial charge in [0, 0.05) is 18.5 Å². The van der Waals surface area contributed by atoms with Gasteiger partial charge >= 0.3 is 0 Å². The molecule has 0 saturated carbocycles. The second-order valence-corrected chi connectivity index (χ2v) is 4.73. The molecule has 0 amide bonds. The van der Waals surface area contributed by atoms with Crippen molar-refractivity contribution in [1.29, 1.82) is 0 Å². The third-order valence-corrected chi connectivity index (χ3v) is 3.27. The number of amidine groups is 1. The standard InChI is InChI=1S/C15H15N5/c1-10-17-8-7-13(18-10)15-12(9-14(16)19-20-15)11-5-3-2-4-6-11/h2-8,12H,9H2,1H3,(H2,16,19). The maximum Gasteiger partial charge on any atom is 0.125 e. The second kappa shape index (κ2) is 5.21. The average molecular weight is 265 g/mol. The van der Waals surface area contributed by atoms with Gasteiger partial charge in [-0.1, -0.05) is 30.3 Å². The zero-order valence-corrected chi connectivity index (χ0v) is 11.2. The molecule has 1 aromatic carbocycles. The summed E-state index contributed by atoms with van der Waals surface area (Å²) < 4.78 is 0. The number of aryl methyl sites for hydroxylation is 1. The molecule has 2 N–H and O–H groups in total. The summed E-state index contributed by atoms with van der Waals surface area (Å²) in [5, 5.41) is 8.28. The maximum absolute atomic E-state index is 5.84. The SMILES string of the molecule is Cc1nccc(C2=NN=C(N)CC2c2ccccc2)n1. The summed E-state index contributed by atoms with van der Waals surface area (Å²) in [4.78, 5) is 8.57. The zero-order chi connectivity index (χ0) is 13.9. The number of hydrogen-bond donors (Lipinski definition) is 1. The summed E-state index contributed by atoms with van der Waals surface area (Å²) >= 11 is 0. The quantitative estimate of drug-likeness (QED) is 0.902. The van der Waals surface area contributed by atoms with Crippen LogP contribution >= 0.6 is 0 Å². The topological polar surface area (TPSA) is 76.5 Å². The largest absolute Gasteiger partial charge is 0.386 e. The molecule has 1 atom stereocenters. The lowest BCUT2D eigenvalue weighted by Crippen LogP contribution is -2.26. The highest BCUT2D eigenvalue weighted by Crippen LogP contribution is 2.27. The molecule has 0 fully saturated rings. The summed E-state index contributed by atoms with van der Waals surface area (Å²) in [6.45, 7) is 1.86. The van der Waals surface area contributed by atoms with Crippen LogP contribution in [0.25, 0.3) is 0 Å². The molecular formula is C15H15N5. The fraction of sp³-hybridized carbons (Fsp3) is 0.200. The van der Waals surface area contributed by atoms with Gasteiger partial charge in [-0.25, -0.2) is 9.97 Å². The minimum Gasteiger partial charge on any atom is -0.386 e. The Morgan fingerprint density at radius 3 is 2.65 bits per heavy atom. The van der Waals surface area contributed by atoms with Crippen LogP contribution < -0.4 is 5.73 Å². The third kappa shape index (κ3) is 2.42. The van der Waals surface area contributed by atoms with Crippen molar-refractivity contribution in [2.75, 3.05) is 0 Å². The van der Waals surface area contributed by atoms with Crippen molar-refractivity contribution < 1.29 is 0 Å². The van der Waals surface area contributed by atoms with E-state index in [4.69, 9.17) is 5.73 Å². The van der Waals surface area contributed by atoms with Crippen molar-refractivity contribution in [1.82, 2.24) is 9.97 Å². The van der Waals surface area contributed by atoms with Gasteiger partial charge in [-0.15, -0.1) is 5.10 Å². The Balaban J connectivity index is 2.06. The predicted molar refractivity (Wildman–Crippen MR) is 78.7 cm³/mol. The van der Waals surface area contributed by atoms with Crippen LogP contribution in [0.4, 0.5) is 0 Å². The highest BCUT2D eigenvalue weighted by Gasteiger charge is 2.25. The smallest absolute Gasteiger partial charge is 0.125 e. The van der Waals surface area contributed by atoms with E-state index in [0.29, 0.717) is 12.3 Å². The molecule has 5 nitrogen and oxygen atoms in total. The van der Waals surface area contributed by atoms with E-state index in [1.807, 2.05) is 31.2 Å². The Kier molecular flexibility index (Phi) is 3.25. The Morgan fingerprint density at radius 1 is 1.10 bits per heavy atom. The van der Waals surface area contributed by atoms with Crippen molar-refractivity contribution in [2.45, 2.75) is 19.3 Å². The van der Waals surface area contributed by atoms with Crippen LogP contribution in [-0.2, 0) is 0 Å². The fourth-order valence-corrected chi connectivity index (χ4v) is 2.32. The van der Waals surface area contributed by atoms with Gasteiger partial charge in [-0.2, -0.15) is 5.10 Å². The molecule has 0 saturated heterocycles. The molecule has 0 aliphatic carbocycles. The second-order valence-electron chi connectivity index (χ2n) is 4.73. The first-order chi connectivity index (χ1) is 9.74. The van der Waals surface area contributed by atoms with Crippen LogP contribution in [0.2, 0.25) is 0 Å². The fourth-order valence-electron chi connectivity index (χ4n) is 2.32. The van der Waals surface area contributed by atoms with Gasteiger partial charge < -0.3 is 5.73 Å². The number of benzene rings is 1. The van der Waals surface area contributed by atoms with Crippen LogP contribution in [0, 0.1) is 6.92 Å². The summed E-state index contributed by atoms with van der Waals surface area (Å²) in [6, 6.07) is 12.0. The van der Waals surface area contributed by atoms with E-state index in [9.17, 15) is 0 Å².